The first-order valence-electron chi connectivity index (χ1n) is 7.06. The van der Waals surface area contributed by atoms with Gasteiger partial charge in [-0.1, -0.05) is 25.1 Å². The van der Waals surface area contributed by atoms with Crippen LogP contribution in [0.4, 0.5) is 5.69 Å². The first kappa shape index (κ1) is 13.4. The van der Waals surface area contributed by atoms with Gasteiger partial charge in [-0.3, -0.25) is 0 Å². The average Bonchev–Trinajstić information content (AvgIpc) is 2.30. The van der Waals surface area contributed by atoms with E-state index >= 15 is 0 Å². The first-order valence-corrected chi connectivity index (χ1v) is 7.06. The van der Waals surface area contributed by atoms with E-state index in [1.54, 1.807) is 0 Å². The molecule has 100 valence electrons. The Morgan fingerprint density at radius 2 is 2.11 bits per heavy atom. The summed E-state index contributed by atoms with van der Waals surface area (Å²) >= 11 is 0. The molecule has 2 rings (SSSR count). The zero-order valence-electron chi connectivity index (χ0n) is 12.4. The number of anilines is 1. The van der Waals surface area contributed by atoms with Crippen LogP contribution in [0.1, 0.15) is 38.8 Å². The Morgan fingerprint density at radius 3 is 2.72 bits per heavy atom. The van der Waals surface area contributed by atoms with Gasteiger partial charge in [-0.25, -0.2) is 0 Å². The third kappa shape index (κ3) is 2.26. The maximum atomic E-state index is 3.54. The van der Waals surface area contributed by atoms with Crippen LogP contribution < -0.4 is 10.2 Å². The van der Waals surface area contributed by atoms with Crippen molar-refractivity contribution in [1.29, 1.82) is 0 Å². The number of para-hydroxylation sites is 1. The van der Waals surface area contributed by atoms with Gasteiger partial charge >= 0.3 is 0 Å². The van der Waals surface area contributed by atoms with Gasteiger partial charge in [0.2, 0.25) is 0 Å². The fraction of sp³-hybridized carbons (Fsp3) is 0.625. The Morgan fingerprint density at radius 1 is 1.39 bits per heavy atom. The minimum Gasteiger partial charge on any atom is -0.361 e. The van der Waals surface area contributed by atoms with E-state index in [-0.39, 0.29) is 5.54 Å². The van der Waals surface area contributed by atoms with Crippen molar-refractivity contribution < 1.29 is 0 Å². The summed E-state index contributed by atoms with van der Waals surface area (Å²) in [5, 5.41) is 3.54. The molecule has 1 atom stereocenters. The van der Waals surface area contributed by atoms with E-state index in [0.717, 1.165) is 19.5 Å². The summed E-state index contributed by atoms with van der Waals surface area (Å²) in [6, 6.07) is 7.23. The molecule has 1 heterocycles. The monoisotopic (exact) mass is 246 g/mol. The number of nitrogens with zero attached hydrogens (tertiary/aromatic N) is 1. The topological polar surface area (TPSA) is 15.3 Å². The molecule has 1 unspecified atom stereocenters. The Kier molecular flexibility index (Phi) is 3.67. The molecule has 1 aromatic rings. The first-order chi connectivity index (χ1) is 8.47. The van der Waals surface area contributed by atoms with Gasteiger partial charge in [0, 0.05) is 30.4 Å². The predicted molar refractivity (Wildman–Crippen MR) is 79.4 cm³/mol. The van der Waals surface area contributed by atoms with E-state index in [4.69, 9.17) is 0 Å². The van der Waals surface area contributed by atoms with Crippen molar-refractivity contribution in [3.8, 4) is 0 Å². The summed E-state index contributed by atoms with van der Waals surface area (Å²) in [5.74, 6) is 0. The maximum Gasteiger partial charge on any atom is 0.0474 e. The largest absolute Gasteiger partial charge is 0.361 e. The van der Waals surface area contributed by atoms with Crippen molar-refractivity contribution in [2.45, 2.75) is 52.6 Å². The fourth-order valence-corrected chi connectivity index (χ4v) is 3.23. The second-order valence-electron chi connectivity index (χ2n) is 6.10. The third-order valence-corrected chi connectivity index (χ3v) is 4.03. The van der Waals surface area contributed by atoms with Crippen molar-refractivity contribution in [1.82, 2.24) is 5.32 Å². The Bertz CT molecular complexity index is 423. The van der Waals surface area contributed by atoms with E-state index in [0.29, 0.717) is 6.04 Å². The highest BCUT2D eigenvalue weighted by atomic mass is 15.3. The molecular weight excluding hydrogens is 220 g/mol. The lowest BCUT2D eigenvalue weighted by molar-refractivity contribution is 0.332. The van der Waals surface area contributed by atoms with Crippen molar-refractivity contribution in [2.75, 3.05) is 18.0 Å². The van der Waals surface area contributed by atoms with Crippen LogP contribution in [-0.2, 0) is 6.42 Å². The van der Waals surface area contributed by atoms with Crippen LogP contribution >= 0.6 is 0 Å². The summed E-state index contributed by atoms with van der Waals surface area (Å²) in [7, 11) is 0. The van der Waals surface area contributed by atoms with Crippen LogP contribution in [0.3, 0.4) is 0 Å². The highest BCUT2D eigenvalue weighted by Gasteiger charge is 2.35. The molecule has 0 amide bonds. The number of rotatable bonds is 2. The predicted octanol–water partition coefficient (Wildman–Crippen LogP) is 3.13. The van der Waals surface area contributed by atoms with Crippen LogP contribution in [0.5, 0.6) is 0 Å². The lowest BCUT2D eigenvalue weighted by atomic mass is 9.92. The molecule has 0 spiro atoms. The number of benzene rings is 1. The van der Waals surface area contributed by atoms with Crippen LogP contribution in [-0.4, -0.2) is 24.7 Å². The normalized spacial score (nSPS) is 23.2. The van der Waals surface area contributed by atoms with E-state index in [1.807, 2.05) is 0 Å². The zero-order valence-corrected chi connectivity index (χ0v) is 12.4. The van der Waals surface area contributed by atoms with Crippen LogP contribution in [0.2, 0.25) is 0 Å². The van der Waals surface area contributed by atoms with Gasteiger partial charge < -0.3 is 10.2 Å². The number of hydrogen-bond acceptors (Lipinski definition) is 2. The molecule has 1 aliphatic rings. The summed E-state index contributed by atoms with van der Waals surface area (Å²) in [4.78, 5) is 2.62. The Labute approximate surface area is 111 Å². The molecule has 1 fully saturated rings. The molecular formula is C16H26N2. The standard InChI is InChI=1S/C16H26N2/c1-6-14-9-7-8-12(2)15(14)18-13(3)10-17-11-16(18,4)5/h7-9,13,17H,6,10-11H2,1-5H3. The van der Waals surface area contributed by atoms with Gasteiger partial charge in [0.15, 0.2) is 0 Å². The van der Waals surface area contributed by atoms with Gasteiger partial charge in [0.25, 0.3) is 0 Å². The van der Waals surface area contributed by atoms with Crippen LogP contribution in [0.25, 0.3) is 0 Å². The number of aryl methyl sites for hydroxylation is 2. The molecule has 1 saturated heterocycles. The number of hydrogen-bond donors (Lipinski definition) is 1. The van der Waals surface area contributed by atoms with Gasteiger partial charge in [0.1, 0.15) is 0 Å². The average molecular weight is 246 g/mol. The molecule has 0 aliphatic carbocycles. The van der Waals surface area contributed by atoms with Gasteiger partial charge in [0.05, 0.1) is 0 Å². The Balaban J connectivity index is 2.51. The zero-order chi connectivity index (χ0) is 13.3. The Hall–Kier alpha value is -1.02. The summed E-state index contributed by atoms with van der Waals surface area (Å²) in [6.07, 6.45) is 1.10. The molecule has 2 nitrogen and oxygen atoms in total. The second-order valence-corrected chi connectivity index (χ2v) is 6.10. The quantitative estimate of drug-likeness (QED) is 0.862. The molecule has 0 saturated carbocycles. The molecule has 0 bridgehead atoms. The molecule has 1 aliphatic heterocycles. The smallest absolute Gasteiger partial charge is 0.0474 e. The van der Waals surface area contributed by atoms with E-state index in [9.17, 15) is 0 Å². The molecule has 2 heteroatoms. The molecule has 1 aromatic carbocycles. The molecule has 18 heavy (non-hydrogen) atoms. The minimum absolute atomic E-state index is 0.174. The van der Waals surface area contributed by atoms with Crippen molar-refractivity contribution in [3.05, 3.63) is 29.3 Å². The van der Waals surface area contributed by atoms with Gasteiger partial charge in [-0.15, -0.1) is 0 Å². The summed E-state index contributed by atoms with van der Waals surface area (Å²) in [5.41, 5.74) is 4.50. The summed E-state index contributed by atoms with van der Waals surface area (Å²) in [6.45, 7) is 13.6. The van der Waals surface area contributed by atoms with Crippen molar-refractivity contribution in [2.24, 2.45) is 0 Å². The fourth-order valence-electron chi connectivity index (χ4n) is 3.23. The highest BCUT2D eigenvalue weighted by molar-refractivity contribution is 5.62. The molecule has 0 radical (unpaired) electrons. The number of piperazine rings is 1. The van der Waals surface area contributed by atoms with Gasteiger partial charge in [-0.05, 0) is 45.2 Å². The SMILES string of the molecule is CCc1cccc(C)c1N1C(C)CNCC1(C)C. The van der Waals surface area contributed by atoms with E-state index < -0.39 is 0 Å². The highest BCUT2D eigenvalue weighted by Crippen LogP contribution is 2.34. The lowest BCUT2D eigenvalue weighted by Crippen LogP contribution is -2.62. The van der Waals surface area contributed by atoms with Crippen LogP contribution in [0, 0.1) is 6.92 Å². The molecule has 0 aromatic heterocycles. The lowest BCUT2D eigenvalue weighted by Gasteiger charge is -2.50. The van der Waals surface area contributed by atoms with E-state index in [2.05, 4.69) is 63.0 Å². The van der Waals surface area contributed by atoms with Gasteiger partial charge in [-0.2, -0.15) is 0 Å². The molecule has 1 N–H and O–H groups in total. The van der Waals surface area contributed by atoms with Crippen LogP contribution in [0.15, 0.2) is 18.2 Å². The third-order valence-electron chi connectivity index (χ3n) is 4.03. The second kappa shape index (κ2) is 4.93. The van der Waals surface area contributed by atoms with Crippen molar-refractivity contribution in [3.63, 3.8) is 0 Å². The van der Waals surface area contributed by atoms with E-state index in [1.165, 1.54) is 16.8 Å². The minimum atomic E-state index is 0.174. The summed E-state index contributed by atoms with van der Waals surface area (Å²) < 4.78 is 0. The number of nitrogens with one attached hydrogen (secondary N) is 1. The maximum absolute atomic E-state index is 3.54. The van der Waals surface area contributed by atoms with Crippen molar-refractivity contribution >= 4 is 5.69 Å².